The first kappa shape index (κ1) is 36.3. The van der Waals surface area contributed by atoms with Crippen molar-refractivity contribution in [2.24, 2.45) is 0 Å². The average molecular weight is 288 g/mol. The molecule has 0 aliphatic carbocycles. The van der Waals surface area contributed by atoms with Gasteiger partial charge in [0.25, 0.3) is 5.97 Å². The monoisotopic (exact) mass is 287 g/mol. The smallest absolute Gasteiger partial charge is 0.300 e. The van der Waals surface area contributed by atoms with Crippen molar-refractivity contribution in [2.45, 2.75) is 34.6 Å². The number of carbonyl (C=O) groups is 1. The van der Waals surface area contributed by atoms with E-state index in [1.807, 2.05) is 0 Å². The van der Waals surface area contributed by atoms with Crippen LogP contribution in [0.1, 0.15) is 34.6 Å². The summed E-state index contributed by atoms with van der Waals surface area (Å²) in [6, 6.07) is 7.00. The number of rotatable bonds is 0. The summed E-state index contributed by atoms with van der Waals surface area (Å²) < 4.78 is 0. The van der Waals surface area contributed by atoms with Gasteiger partial charge in [0.2, 0.25) is 0 Å². The van der Waals surface area contributed by atoms with Crippen molar-refractivity contribution in [3.63, 3.8) is 0 Å². The van der Waals surface area contributed by atoms with Crippen molar-refractivity contribution in [3.05, 3.63) is 0 Å². The summed E-state index contributed by atoms with van der Waals surface area (Å²) in [5, 5.41) is 36.7. The van der Waals surface area contributed by atoms with Gasteiger partial charge >= 0.3 is 0 Å². The fourth-order valence-corrected chi connectivity index (χ4v) is 0. The second-order valence-corrected chi connectivity index (χ2v) is 1.41. The Morgan fingerprint density at radius 3 is 0.824 bits per heavy atom. The molecule has 0 aliphatic rings. The van der Waals surface area contributed by atoms with E-state index in [0.717, 1.165) is 6.92 Å². The van der Waals surface area contributed by atoms with Crippen LogP contribution in [-0.4, -0.2) is 11.1 Å². The summed E-state index contributed by atoms with van der Waals surface area (Å²) in [5.74, 6) is -0.833. The van der Waals surface area contributed by atoms with Crippen molar-refractivity contribution in [2.75, 3.05) is 0 Å². The Morgan fingerprint density at radius 1 is 0.824 bits per heavy atom. The fraction of sp³-hybridized carbons (Fsp3) is 0.500. The molecule has 0 spiro atoms. The third kappa shape index (κ3) is 474. The van der Waals surface area contributed by atoms with Gasteiger partial charge in [0.05, 0.1) is 24.3 Å². The average Bonchev–Trinajstić information content (AvgIpc) is 2.06. The number of hydrogen-bond donors (Lipinski definition) is 1. The maximum atomic E-state index is 9.00. The van der Waals surface area contributed by atoms with Crippen LogP contribution in [-0.2, 0) is 21.9 Å². The maximum Gasteiger partial charge on any atom is 0.300 e. The number of nitriles is 4. The molecular weight excluding hydrogens is 272 g/mol. The summed E-state index contributed by atoms with van der Waals surface area (Å²) in [5.41, 5.74) is 0. The number of carboxylic acids is 1. The number of carboxylic acid groups (broad SMARTS) is 1. The minimum Gasteiger partial charge on any atom is -0.481 e. The van der Waals surface area contributed by atoms with Crippen molar-refractivity contribution in [1.82, 2.24) is 0 Å². The predicted octanol–water partition coefficient (Wildman–Crippen LogP) is 2.21. The van der Waals surface area contributed by atoms with Crippen LogP contribution >= 0.6 is 0 Å². The van der Waals surface area contributed by atoms with Gasteiger partial charge in [-0.25, -0.2) is 0 Å². The van der Waals surface area contributed by atoms with E-state index in [-0.39, 0.29) is 17.1 Å². The second-order valence-electron chi connectivity index (χ2n) is 1.41. The van der Waals surface area contributed by atoms with Gasteiger partial charge in [0.1, 0.15) is 0 Å². The number of nitrogens with zero attached hydrogens (tertiary/aromatic N) is 4. The van der Waals surface area contributed by atoms with Gasteiger partial charge in [-0.1, -0.05) is 0 Å². The molecule has 0 unspecified atom stereocenters. The Balaban J connectivity index is -0.0000000221. The Morgan fingerprint density at radius 2 is 0.824 bits per heavy atom. The van der Waals surface area contributed by atoms with Crippen molar-refractivity contribution in [1.29, 1.82) is 21.0 Å². The van der Waals surface area contributed by atoms with Gasteiger partial charge in [-0.2, -0.15) is 21.0 Å². The normalized spacial score (nSPS) is 3.35. The van der Waals surface area contributed by atoms with Gasteiger partial charge in [0, 0.05) is 51.7 Å². The Hall–Kier alpha value is -2.05. The molecule has 0 saturated carbocycles. The molecular formula is C10H16CuN4O2. The first-order valence-corrected chi connectivity index (χ1v) is 3.82. The Labute approximate surface area is 113 Å². The molecule has 1 N–H and O–H groups in total. The third-order valence-electron chi connectivity index (χ3n) is 0. The van der Waals surface area contributed by atoms with Crippen molar-refractivity contribution >= 4 is 5.97 Å². The third-order valence-corrected chi connectivity index (χ3v) is 0. The van der Waals surface area contributed by atoms with Crippen LogP contribution in [0, 0.1) is 45.3 Å². The number of aliphatic carboxylic acids is 1. The number of hydrogen-bond acceptors (Lipinski definition) is 5. The maximum absolute atomic E-state index is 9.00. The predicted molar refractivity (Wildman–Crippen MR) is 58.5 cm³/mol. The Bertz CT molecular complexity index is 227. The van der Waals surface area contributed by atoms with E-state index in [1.165, 1.54) is 27.7 Å². The van der Waals surface area contributed by atoms with Crippen LogP contribution in [0.2, 0.25) is 0 Å². The summed E-state index contributed by atoms with van der Waals surface area (Å²) >= 11 is 0. The molecule has 0 aromatic heterocycles. The van der Waals surface area contributed by atoms with E-state index in [9.17, 15) is 0 Å². The molecule has 0 aromatic carbocycles. The summed E-state index contributed by atoms with van der Waals surface area (Å²) in [4.78, 5) is 9.00. The van der Waals surface area contributed by atoms with E-state index in [2.05, 4.69) is 0 Å². The molecule has 6 nitrogen and oxygen atoms in total. The molecule has 99 valence electrons. The van der Waals surface area contributed by atoms with Crippen LogP contribution in [0.25, 0.3) is 0 Å². The van der Waals surface area contributed by atoms with Crippen molar-refractivity contribution < 1.29 is 27.0 Å². The van der Waals surface area contributed by atoms with Gasteiger partial charge in [-0.15, -0.1) is 0 Å². The summed E-state index contributed by atoms with van der Waals surface area (Å²) in [6.07, 6.45) is 0. The van der Waals surface area contributed by atoms with E-state index < -0.39 is 5.97 Å². The minimum absolute atomic E-state index is 0. The van der Waals surface area contributed by atoms with E-state index >= 15 is 0 Å². The van der Waals surface area contributed by atoms with Crippen LogP contribution < -0.4 is 0 Å². The van der Waals surface area contributed by atoms with Gasteiger partial charge < -0.3 is 5.11 Å². The molecule has 1 radical (unpaired) electrons. The summed E-state index contributed by atoms with van der Waals surface area (Å²) in [6.45, 7) is 6.81. The molecule has 0 aromatic rings. The molecule has 0 amide bonds. The quantitative estimate of drug-likeness (QED) is 0.679. The molecule has 0 saturated heterocycles. The standard InChI is InChI=1S/4C2H3N.C2H4O2.Cu/c4*1-2-3;1-2(3)4;/h4*1H3;1H3,(H,3,4);. The zero-order valence-electron chi connectivity index (χ0n) is 10.4. The van der Waals surface area contributed by atoms with Gasteiger partial charge in [0.15, 0.2) is 0 Å². The molecule has 0 fully saturated rings. The zero-order chi connectivity index (χ0) is 14.4. The van der Waals surface area contributed by atoms with Crippen LogP contribution in [0.5, 0.6) is 0 Å². The molecule has 0 atom stereocenters. The SMILES string of the molecule is CC#N.CC#N.CC#N.CC#N.CC(=O)O.[Cu]. The molecule has 0 heterocycles. The molecule has 0 aliphatic heterocycles. The largest absolute Gasteiger partial charge is 0.481 e. The molecule has 17 heavy (non-hydrogen) atoms. The first-order chi connectivity index (χ1) is 7.39. The first-order valence-electron chi connectivity index (χ1n) is 3.82. The van der Waals surface area contributed by atoms with E-state index in [1.54, 1.807) is 24.3 Å². The second kappa shape index (κ2) is 95.5. The molecule has 0 rings (SSSR count). The van der Waals surface area contributed by atoms with Crippen LogP contribution in [0.4, 0.5) is 0 Å². The molecule has 0 bridgehead atoms. The van der Waals surface area contributed by atoms with Gasteiger partial charge in [-0.3, -0.25) is 4.79 Å². The summed E-state index contributed by atoms with van der Waals surface area (Å²) in [7, 11) is 0. The zero-order valence-corrected chi connectivity index (χ0v) is 11.4. The van der Waals surface area contributed by atoms with Gasteiger partial charge in [-0.05, 0) is 0 Å². The molecule has 7 heteroatoms. The minimum atomic E-state index is -0.833. The van der Waals surface area contributed by atoms with E-state index in [0.29, 0.717) is 0 Å². The van der Waals surface area contributed by atoms with Crippen LogP contribution in [0.3, 0.4) is 0 Å². The topological polar surface area (TPSA) is 132 Å². The van der Waals surface area contributed by atoms with E-state index in [4.69, 9.17) is 30.9 Å². The fourth-order valence-electron chi connectivity index (χ4n) is 0. The van der Waals surface area contributed by atoms with Crippen molar-refractivity contribution in [3.8, 4) is 24.3 Å². The Kier molecular flexibility index (Phi) is 204. The van der Waals surface area contributed by atoms with Crippen LogP contribution in [0.15, 0.2) is 0 Å².